The van der Waals surface area contributed by atoms with Crippen LogP contribution in [0.25, 0.3) is 16.9 Å². The number of hydrogen-bond acceptors (Lipinski definition) is 6. The van der Waals surface area contributed by atoms with E-state index in [0.717, 1.165) is 66.8 Å². The number of rotatable bonds is 6. The Kier molecular flexibility index (Phi) is 7.02. The number of thiazole rings is 1. The van der Waals surface area contributed by atoms with Crippen LogP contribution in [-0.2, 0) is 12.6 Å². The number of aromatic nitrogens is 3. The number of hydrogen-bond donors (Lipinski definition) is 0. The molecule has 1 aromatic carbocycles. The van der Waals surface area contributed by atoms with Crippen molar-refractivity contribution in [3.63, 3.8) is 0 Å². The number of fused-ring (bicyclic) bond motifs is 1. The normalized spacial score (nSPS) is 15.6. The molecule has 0 unspecified atom stereocenters. The molecule has 1 aliphatic rings. The lowest BCUT2D eigenvalue weighted by molar-refractivity contribution is -0.137. The summed E-state index contributed by atoms with van der Waals surface area (Å²) >= 11 is 3.28. The molecule has 0 radical (unpaired) electrons. The first-order valence-corrected chi connectivity index (χ1v) is 14.0. The molecule has 5 rings (SSSR count). The average Bonchev–Trinajstić information content (AvgIpc) is 3.53. The number of halogens is 3. The number of aryl methyl sites for hydroxylation is 1. The number of nitrogens with zero attached hydrogens (tertiary/aromatic N) is 5. The molecule has 4 aromatic rings. The fraction of sp³-hybridized carbons (Fsp3) is 0.385. The molecular weight excluding hydrogens is 503 g/mol. The Labute approximate surface area is 217 Å². The molecule has 36 heavy (non-hydrogen) atoms. The zero-order valence-electron chi connectivity index (χ0n) is 20.4. The molecule has 5 nitrogen and oxygen atoms in total. The van der Waals surface area contributed by atoms with E-state index in [4.69, 9.17) is 9.97 Å². The quantitative estimate of drug-likeness (QED) is 0.245. The van der Waals surface area contributed by atoms with E-state index in [-0.39, 0.29) is 0 Å². The predicted molar refractivity (Wildman–Crippen MR) is 142 cm³/mol. The number of piperidine rings is 1. The minimum Gasteiger partial charge on any atom is -0.305 e. The van der Waals surface area contributed by atoms with Crippen molar-refractivity contribution in [1.29, 1.82) is 0 Å². The van der Waals surface area contributed by atoms with Crippen LogP contribution in [0.5, 0.6) is 0 Å². The zero-order valence-corrected chi connectivity index (χ0v) is 22.1. The largest absolute Gasteiger partial charge is 0.416 e. The lowest BCUT2D eigenvalue weighted by Crippen LogP contribution is -2.27. The van der Waals surface area contributed by atoms with Gasteiger partial charge in [-0.05, 0) is 55.2 Å². The summed E-state index contributed by atoms with van der Waals surface area (Å²) < 4.78 is 43.4. The molecule has 190 valence electrons. The molecule has 10 heteroatoms. The molecule has 3 aromatic heterocycles. The molecule has 1 saturated heterocycles. The maximum atomic E-state index is 12.9. The van der Waals surface area contributed by atoms with E-state index in [1.165, 1.54) is 29.0 Å². The Balaban J connectivity index is 1.45. The summed E-state index contributed by atoms with van der Waals surface area (Å²) in [5, 5.41) is 2.65. The molecule has 1 fully saturated rings. The fourth-order valence-corrected chi connectivity index (χ4v) is 6.15. The first-order chi connectivity index (χ1) is 17.3. The van der Waals surface area contributed by atoms with Crippen LogP contribution in [0.3, 0.4) is 0 Å². The van der Waals surface area contributed by atoms with E-state index in [2.05, 4.69) is 40.2 Å². The van der Waals surface area contributed by atoms with Crippen LogP contribution < -0.4 is 4.90 Å². The maximum absolute atomic E-state index is 12.9. The van der Waals surface area contributed by atoms with Crippen molar-refractivity contribution in [2.24, 2.45) is 0 Å². The van der Waals surface area contributed by atoms with Gasteiger partial charge in [0.05, 0.1) is 17.0 Å². The Morgan fingerprint density at radius 3 is 2.44 bits per heavy atom. The van der Waals surface area contributed by atoms with Gasteiger partial charge in [0.25, 0.3) is 0 Å². The van der Waals surface area contributed by atoms with E-state index < -0.39 is 11.7 Å². The number of anilines is 2. The summed E-state index contributed by atoms with van der Waals surface area (Å²) in [6.07, 6.45) is 3.05. The molecule has 0 saturated carbocycles. The summed E-state index contributed by atoms with van der Waals surface area (Å²) in [5.74, 6) is 1.50. The average molecular weight is 532 g/mol. The minimum absolute atomic E-state index is 0.523. The highest BCUT2D eigenvalue weighted by atomic mass is 32.2. The van der Waals surface area contributed by atoms with E-state index in [1.54, 1.807) is 0 Å². The highest BCUT2D eigenvalue weighted by molar-refractivity contribution is 7.96. The molecule has 0 N–H and O–H groups in total. The molecule has 1 aliphatic heterocycles. The van der Waals surface area contributed by atoms with Gasteiger partial charge in [0, 0.05) is 37.3 Å². The second kappa shape index (κ2) is 10.1. The van der Waals surface area contributed by atoms with Crippen LogP contribution in [0.4, 0.5) is 24.1 Å². The zero-order chi connectivity index (χ0) is 25.4. The third-order valence-electron chi connectivity index (χ3n) is 6.81. The van der Waals surface area contributed by atoms with Crippen molar-refractivity contribution in [1.82, 2.24) is 18.7 Å². The van der Waals surface area contributed by atoms with Gasteiger partial charge >= 0.3 is 6.18 Å². The van der Waals surface area contributed by atoms with Gasteiger partial charge in [-0.25, -0.2) is 9.97 Å². The van der Waals surface area contributed by atoms with E-state index in [0.29, 0.717) is 17.2 Å². The highest BCUT2D eigenvalue weighted by Crippen LogP contribution is 2.36. The molecule has 0 aliphatic carbocycles. The Morgan fingerprint density at radius 2 is 1.81 bits per heavy atom. The van der Waals surface area contributed by atoms with Crippen molar-refractivity contribution < 1.29 is 13.2 Å². The number of benzene rings is 1. The van der Waals surface area contributed by atoms with Crippen LogP contribution in [0.15, 0.2) is 48.0 Å². The first-order valence-electron chi connectivity index (χ1n) is 11.9. The standard InChI is InChI=1S/C26H28F3N5S2/c1-4-21-24(34-15-19(7-10-23(34)30-21)17-11-13-33(35-3)14-12-17)32(2)25-31-22(16-36-25)18-5-8-20(9-6-18)26(27,28)29/h5-10,15-17H,4,11-14H2,1-3H3. The van der Waals surface area contributed by atoms with Crippen LogP contribution in [-0.4, -0.2) is 45.1 Å². The topological polar surface area (TPSA) is 36.7 Å². The van der Waals surface area contributed by atoms with Gasteiger partial charge in [-0.2, -0.15) is 13.2 Å². The van der Waals surface area contributed by atoms with Gasteiger partial charge in [0.15, 0.2) is 5.13 Å². The monoisotopic (exact) mass is 531 g/mol. The summed E-state index contributed by atoms with van der Waals surface area (Å²) in [5.41, 5.74) is 3.86. The molecule has 0 atom stereocenters. The molecule has 0 bridgehead atoms. The van der Waals surface area contributed by atoms with Crippen LogP contribution >= 0.6 is 23.3 Å². The van der Waals surface area contributed by atoms with E-state index in [9.17, 15) is 13.2 Å². The molecular formula is C26H28F3N5S2. The predicted octanol–water partition coefficient (Wildman–Crippen LogP) is 7.26. The van der Waals surface area contributed by atoms with Gasteiger partial charge < -0.3 is 4.90 Å². The molecule has 4 heterocycles. The van der Waals surface area contributed by atoms with E-state index >= 15 is 0 Å². The van der Waals surface area contributed by atoms with Crippen LogP contribution in [0.2, 0.25) is 0 Å². The third kappa shape index (κ3) is 4.86. The van der Waals surface area contributed by atoms with Gasteiger partial charge in [0.2, 0.25) is 0 Å². The first kappa shape index (κ1) is 25.1. The Morgan fingerprint density at radius 1 is 1.08 bits per heavy atom. The summed E-state index contributed by atoms with van der Waals surface area (Å²) in [4.78, 5) is 11.7. The number of imidazole rings is 1. The lowest BCUT2D eigenvalue weighted by atomic mass is 9.91. The third-order valence-corrected chi connectivity index (χ3v) is 8.61. The molecule has 0 spiro atoms. The van der Waals surface area contributed by atoms with Crippen molar-refractivity contribution in [2.45, 2.75) is 38.3 Å². The van der Waals surface area contributed by atoms with Crippen molar-refractivity contribution >= 4 is 39.9 Å². The summed E-state index contributed by atoms with van der Waals surface area (Å²) in [6.45, 7) is 4.27. The van der Waals surface area contributed by atoms with Crippen LogP contribution in [0, 0.1) is 0 Å². The number of alkyl halides is 3. The lowest BCUT2D eigenvalue weighted by Gasteiger charge is -2.30. The second-order valence-electron chi connectivity index (χ2n) is 8.96. The highest BCUT2D eigenvalue weighted by Gasteiger charge is 2.30. The van der Waals surface area contributed by atoms with Gasteiger partial charge in [-0.1, -0.05) is 37.1 Å². The molecule has 0 amide bonds. The van der Waals surface area contributed by atoms with E-state index in [1.807, 2.05) is 29.3 Å². The Bertz CT molecular complexity index is 1340. The SMILES string of the molecule is CCc1nc2ccc(C3CCN(SC)CC3)cn2c1N(C)c1nc(-c2ccc(C(F)(F)F)cc2)cs1. The Hall–Kier alpha value is -2.56. The summed E-state index contributed by atoms with van der Waals surface area (Å²) in [7, 11) is 1.97. The smallest absolute Gasteiger partial charge is 0.305 e. The van der Waals surface area contributed by atoms with Gasteiger partial charge in [0.1, 0.15) is 11.5 Å². The summed E-state index contributed by atoms with van der Waals surface area (Å²) in [6, 6.07) is 9.45. The second-order valence-corrected chi connectivity index (χ2v) is 10.7. The number of pyridine rings is 1. The van der Waals surface area contributed by atoms with Gasteiger partial charge in [-0.3, -0.25) is 8.71 Å². The van der Waals surface area contributed by atoms with Crippen molar-refractivity contribution in [3.05, 3.63) is 64.8 Å². The fourth-order valence-electron chi connectivity index (χ4n) is 4.77. The maximum Gasteiger partial charge on any atom is 0.416 e. The van der Waals surface area contributed by atoms with Crippen molar-refractivity contribution in [2.75, 3.05) is 31.3 Å². The van der Waals surface area contributed by atoms with Crippen molar-refractivity contribution in [3.8, 4) is 11.3 Å². The van der Waals surface area contributed by atoms with Crippen LogP contribution in [0.1, 0.15) is 42.5 Å². The minimum atomic E-state index is -4.35. The van der Waals surface area contributed by atoms with Gasteiger partial charge in [-0.15, -0.1) is 11.3 Å².